The molecule has 2 heterocycles. The van der Waals surface area contributed by atoms with Gasteiger partial charge in [-0.15, -0.1) is 0 Å². The predicted molar refractivity (Wildman–Crippen MR) is 83.2 cm³/mol. The van der Waals surface area contributed by atoms with Gasteiger partial charge in [0.1, 0.15) is 0 Å². The fraction of sp³-hybridized carbons (Fsp3) is 0.400. The summed E-state index contributed by atoms with van der Waals surface area (Å²) in [6.07, 6.45) is 3.92. The van der Waals surface area contributed by atoms with Crippen molar-refractivity contribution < 1.29 is 0 Å². The molecule has 0 spiro atoms. The first-order valence-corrected chi connectivity index (χ1v) is 7.14. The van der Waals surface area contributed by atoms with Gasteiger partial charge in [0.25, 0.3) is 0 Å². The highest BCUT2D eigenvalue weighted by molar-refractivity contribution is 5.56. The largest absolute Gasteiger partial charge is 0.399 e. The predicted octanol–water partition coefficient (Wildman–Crippen LogP) is 1.81. The monoisotopic (exact) mass is 271 g/mol. The number of nitrogens with zero attached hydrogens (tertiary/aromatic N) is 4. The van der Waals surface area contributed by atoms with Crippen LogP contribution < -0.4 is 15.5 Å². The maximum absolute atomic E-state index is 5.86. The number of benzene rings is 1. The Morgan fingerprint density at radius 3 is 2.60 bits per heavy atom. The van der Waals surface area contributed by atoms with Crippen LogP contribution in [-0.2, 0) is 6.54 Å². The first kappa shape index (κ1) is 12.8. The number of nitrogens with two attached hydrogens (primary N) is 1. The second kappa shape index (κ2) is 5.45. The number of imidazole rings is 1. The number of hydrogen-bond acceptors (Lipinski definition) is 4. The standard InChI is InChI=1S/C15H21N5/c1-2-18-7-6-17-15(18)20-10-8-19(9-11-20)14-5-3-4-13(16)12-14/h3-7,12H,2,8-11,16H2,1H3. The molecular weight excluding hydrogens is 250 g/mol. The van der Waals surface area contributed by atoms with E-state index in [9.17, 15) is 0 Å². The second-order valence-electron chi connectivity index (χ2n) is 5.08. The lowest BCUT2D eigenvalue weighted by atomic mass is 10.2. The van der Waals surface area contributed by atoms with E-state index in [-0.39, 0.29) is 0 Å². The summed E-state index contributed by atoms with van der Waals surface area (Å²) in [5.74, 6) is 1.08. The smallest absolute Gasteiger partial charge is 0.205 e. The van der Waals surface area contributed by atoms with Crippen LogP contribution in [-0.4, -0.2) is 35.7 Å². The Kier molecular flexibility index (Phi) is 3.50. The summed E-state index contributed by atoms with van der Waals surface area (Å²) in [5, 5.41) is 0. The third-order valence-corrected chi connectivity index (χ3v) is 3.83. The molecule has 3 rings (SSSR count). The van der Waals surface area contributed by atoms with Gasteiger partial charge in [0, 0.05) is 56.5 Å². The summed E-state index contributed by atoms with van der Waals surface area (Å²) < 4.78 is 2.19. The molecule has 0 amide bonds. The average molecular weight is 271 g/mol. The van der Waals surface area contributed by atoms with Gasteiger partial charge in [-0.1, -0.05) is 6.07 Å². The van der Waals surface area contributed by atoms with E-state index >= 15 is 0 Å². The van der Waals surface area contributed by atoms with Gasteiger partial charge in [-0.05, 0) is 25.1 Å². The van der Waals surface area contributed by atoms with Gasteiger partial charge in [-0.3, -0.25) is 0 Å². The Morgan fingerprint density at radius 2 is 1.90 bits per heavy atom. The first-order valence-electron chi connectivity index (χ1n) is 7.14. The molecule has 0 aliphatic carbocycles. The number of anilines is 3. The summed E-state index contributed by atoms with van der Waals surface area (Å²) in [7, 11) is 0. The molecule has 0 atom stereocenters. The molecule has 1 aliphatic rings. The van der Waals surface area contributed by atoms with Crippen LogP contribution in [0.25, 0.3) is 0 Å². The van der Waals surface area contributed by atoms with Gasteiger partial charge < -0.3 is 20.1 Å². The molecule has 5 nitrogen and oxygen atoms in total. The minimum atomic E-state index is 0.825. The highest BCUT2D eigenvalue weighted by Gasteiger charge is 2.20. The topological polar surface area (TPSA) is 50.3 Å². The third kappa shape index (κ3) is 2.43. The summed E-state index contributed by atoms with van der Waals surface area (Å²) in [5.41, 5.74) is 7.89. The fourth-order valence-corrected chi connectivity index (χ4v) is 2.72. The van der Waals surface area contributed by atoms with Crippen molar-refractivity contribution in [3.8, 4) is 0 Å². The molecule has 1 aliphatic heterocycles. The molecule has 0 bridgehead atoms. The summed E-state index contributed by atoms with van der Waals surface area (Å²) >= 11 is 0. The van der Waals surface area contributed by atoms with E-state index in [4.69, 9.17) is 5.73 Å². The van der Waals surface area contributed by atoms with E-state index in [0.29, 0.717) is 0 Å². The van der Waals surface area contributed by atoms with Crippen molar-refractivity contribution in [3.63, 3.8) is 0 Å². The zero-order valence-corrected chi connectivity index (χ0v) is 11.9. The van der Waals surface area contributed by atoms with Crippen LogP contribution in [0.5, 0.6) is 0 Å². The Bertz CT molecular complexity index is 569. The van der Waals surface area contributed by atoms with Gasteiger partial charge in [-0.2, -0.15) is 0 Å². The van der Waals surface area contributed by atoms with Crippen LogP contribution in [0.3, 0.4) is 0 Å². The van der Waals surface area contributed by atoms with Crippen molar-refractivity contribution in [3.05, 3.63) is 36.7 Å². The van der Waals surface area contributed by atoms with Gasteiger partial charge in [-0.25, -0.2) is 4.98 Å². The van der Waals surface area contributed by atoms with Crippen molar-refractivity contribution in [2.45, 2.75) is 13.5 Å². The maximum atomic E-state index is 5.86. The van der Waals surface area contributed by atoms with Crippen LogP contribution >= 0.6 is 0 Å². The molecule has 1 saturated heterocycles. The molecular formula is C15H21N5. The lowest BCUT2D eigenvalue weighted by Gasteiger charge is -2.36. The van der Waals surface area contributed by atoms with Crippen LogP contribution in [0.4, 0.5) is 17.3 Å². The first-order chi connectivity index (χ1) is 9.78. The lowest BCUT2D eigenvalue weighted by molar-refractivity contribution is 0.618. The fourth-order valence-electron chi connectivity index (χ4n) is 2.72. The molecule has 106 valence electrons. The Hall–Kier alpha value is -2.17. The number of nitrogen functional groups attached to an aromatic ring is 1. The summed E-state index contributed by atoms with van der Waals surface area (Å²) in [6, 6.07) is 8.11. The van der Waals surface area contributed by atoms with Crippen molar-refractivity contribution >= 4 is 17.3 Å². The molecule has 2 N–H and O–H groups in total. The maximum Gasteiger partial charge on any atom is 0.205 e. The van der Waals surface area contributed by atoms with E-state index in [1.807, 2.05) is 30.6 Å². The third-order valence-electron chi connectivity index (χ3n) is 3.83. The Morgan fingerprint density at radius 1 is 1.15 bits per heavy atom. The van der Waals surface area contributed by atoms with Crippen LogP contribution in [0.2, 0.25) is 0 Å². The quantitative estimate of drug-likeness (QED) is 0.865. The van der Waals surface area contributed by atoms with Crippen LogP contribution in [0, 0.1) is 0 Å². The second-order valence-corrected chi connectivity index (χ2v) is 5.08. The SMILES string of the molecule is CCn1ccnc1N1CCN(c2cccc(N)c2)CC1. The van der Waals surface area contributed by atoms with Gasteiger partial charge in [0.05, 0.1) is 0 Å². The highest BCUT2D eigenvalue weighted by Crippen LogP contribution is 2.21. The Labute approximate surface area is 119 Å². The molecule has 0 saturated carbocycles. The molecule has 1 aromatic heterocycles. The molecule has 1 aromatic carbocycles. The molecule has 1 fully saturated rings. The van der Waals surface area contributed by atoms with E-state index in [2.05, 4.69) is 32.3 Å². The van der Waals surface area contributed by atoms with E-state index < -0.39 is 0 Å². The van der Waals surface area contributed by atoms with Crippen molar-refractivity contribution in [2.24, 2.45) is 0 Å². The van der Waals surface area contributed by atoms with E-state index in [0.717, 1.165) is 44.4 Å². The number of aromatic nitrogens is 2. The zero-order chi connectivity index (χ0) is 13.9. The average Bonchev–Trinajstić information content (AvgIpc) is 2.96. The van der Waals surface area contributed by atoms with Crippen LogP contribution in [0.15, 0.2) is 36.7 Å². The van der Waals surface area contributed by atoms with E-state index in [1.54, 1.807) is 0 Å². The van der Waals surface area contributed by atoms with E-state index in [1.165, 1.54) is 5.69 Å². The number of rotatable bonds is 3. The molecule has 0 unspecified atom stereocenters. The van der Waals surface area contributed by atoms with Crippen LogP contribution in [0.1, 0.15) is 6.92 Å². The van der Waals surface area contributed by atoms with Gasteiger partial charge >= 0.3 is 0 Å². The highest BCUT2D eigenvalue weighted by atomic mass is 15.3. The number of piperazine rings is 1. The summed E-state index contributed by atoms with van der Waals surface area (Å²) in [4.78, 5) is 9.21. The summed E-state index contributed by atoms with van der Waals surface area (Å²) in [6.45, 7) is 7.09. The van der Waals surface area contributed by atoms with Gasteiger partial charge in [0.15, 0.2) is 0 Å². The number of hydrogen-bond donors (Lipinski definition) is 1. The minimum Gasteiger partial charge on any atom is -0.399 e. The Balaban J connectivity index is 1.68. The number of aryl methyl sites for hydroxylation is 1. The lowest BCUT2D eigenvalue weighted by Crippen LogP contribution is -2.47. The normalized spacial score (nSPS) is 15.7. The van der Waals surface area contributed by atoms with Gasteiger partial charge in [0.2, 0.25) is 5.95 Å². The zero-order valence-electron chi connectivity index (χ0n) is 11.9. The van der Waals surface area contributed by atoms with Crippen molar-refractivity contribution in [1.29, 1.82) is 0 Å². The van der Waals surface area contributed by atoms with Crippen molar-refractivity contribution in [1.82, 2.24) is 9.55 Å². The molecule has 0 radical (unpaired) electrons. The molecule has 2 aromatic rings. The van der Waals surface area contributed by atoms with Crippen molar-refractivity contribution in [2.75, 3.05) is 41.7 Å². The minimum absolute atomic E-state index is 0.825. The molecule has 5 heteroatoms. The molecule has 20 heavy (non-hydrogen) atoms.